The van der Waals surface area contributed by atoms with Crippen LogP contribution >= 0.6 is 0 Å². The molecule has 2 atom stereocenters. The molecular weight excluding hydrogens is 338 g/mol. The van der Waals surface area contributed by atoms with Gasteiger partial charge in [-0.2, -0.15) is 0 Å². The second-order valence-electron chi connectivity index (χ2n) is 8.36. The van der Waals surface area contributed by atoms with Crippen LogP contribution in [0.2, 0.25) is 0 Å². The molecule has 2 bridgehead atoms. The van der Waals surface area contributed by atoms with Gasteiger partial charge in [0.15, 0.2) is 0 Å². The van der Waals surface area contributed by atoms with E-state index >= 15 is 0 Å². The third-order valence-electron chi connectivity index (χ3n) is 6.68. The van der Waals surface area contributed by atoms with Crippen molar-refractivity contribution in [2.45, 2.75) is 38.6 Å². The number of piperidine rings is 1. The van der Waals surface area contributed by atoms with Gasteiger partial charge in [-0.3, -0.25) is 4.79 Å². The van der Waals surface area contributed by atoms with Crippen molar-refractivity contribution < 1.29 is 9.90 Å². The van der Waals surface area contributed by atoms with Gasteiger partial charge in [0.2, 0.25) is 0 Å². The number of carbonyl (C=O) groups excluding carboxylic acids is 1. The Hall–Kier alpha value is -2.82. The molecule has 2 heterocycles. The predicted octanol–water partition coefficient (Wildman–Crippen LogP) is 3.85. The molecular formula is C22H23N3O2. The second-order valence-corrected chi connectivity index (χ2v) is 8.36. The normalized spacial score (nSPS) is 23.3. The van der Waals surface area contributed by atoms with E-state index in [9.17, 15) is 9.90 Å². The molecule has 1 saturated heterocycles. The molecule has 3 aromatic rings. The van der Waals surface area contributed by atoms with Gasteiger partial charge in [0.25, 0.3) is 5.91 Å². The Morgan fingerprint density at radius 3 is 3.00 bits per heavy atom. The molecule has 5 nitrogen and oxygen atoms in total. The van der Waals surface area contributed by atoms with Crippen LogP contribution in [-0.2, 0) is 6.42 Å². The van der Waals surface area contributed by atoms with Crippen LogP contribution < -0.4 is 0 Å². The van der Waals surface area contributed by atoms with E-state index < -0.39 is 0 Å². The Bertz CT molecular complexity index is 1050. The number of carbonyl (C=O) groups is 1. The number of fused-ring (bicyclic) bond motifs is 5. The highest BCUT2D eigenvalue weighted by Gasteiger charge is 2.50. The number of likely N-dealkylation sites (tertiary alicyclic amines) is 1. The Kier molecular flexibility index (Phi) is 3.39. The summed E-state index contributed by atoms with van der Waals surface area (Å²) in [5.74, 6) is 0.769. The fourth-order valence-corrected chi connectivity index (χ4v) is 5.17. The van der Waals surface area contributed by atoms with E-state index in [4.69, 9.17) is 0 Å². The third-order valence-corrected chi connectivity index (χ3v) is 6.68. The molecule has 1 aromatic heterocycles. The molecule has 2 aliphatic rings. The fourth-order valence-electron chi connectivity index (χ4n) is 5.17. The smallest absolute Gasteiger partial charge is 0.254 e. The summed E-state index contributed by atoms with van der Waals surface area (Å²) in [5.41, 5.74) is 4.65. The highest BCUT2D eigenvalue weighted by molar-refractivity contribution is 5.97. The summed E-state index contributed by atoms with van der Waals surface area (Å²) in [6, 6.07) is 11.5. The first-order valence-corrected chi connectivity index (χ1v) is 9.51. The first-order valence-electron chi connectivity index (χ1n) is 9.51. The number of aromatic hydroxyl groups is 1. The van der Waals surface area contributed by atoms with Crippen molar-refractivity contribution in [3.05, 3.63) is 59.4 Å². The van der Waals surface area contributed by atoms with Crippen molar-refractivity contribution in [3.63, 3.8) is 0 Å². The summed E-state index contributed by atoms with van der Waals surface area (Å²) in [4.78, 5) is 22.7. The lowest BCUT2D eigenvalue weighted by atomic mass is 9.59. The molecule has 2 N–H and O–H groups in total. The molecule has 1 aliphatic heterocycles. The van der Waals surface area contributed by atoms with Crippen molar-refractivity contribution in [2.24, 2.45) is 5.41 Å². The van der Waals surface area contributed by atoms with Crippen LogP contribution in [0.3, 0.4) is 0 Å². The van der Waals surface area contributed by atoms with Gasteiger partial charge < -0.3 is 15.0 Å². The van der Waals surface area contributed by atoms with E-state index in [1.165, 1.54) is 5.56 Å². The average molecular weight is 361 g/mol. The lowest BCUT2D eigenvalue weighted by Gasteiger charge is -2.55. The number of nitrogens with one attached hydrogen (secondary N) is 1. The fraction of sp³-hybridized carbons (Fsp3) is 0.364. The highest BCUT2D eigenvalue weighted by atomic mass is 16.3. The molecule has 2 aromatic carbocycles. The van der Waals surface area contributed by atoms with Crippen LogP contribution in [0.5, 0.6) is 5.75 Å². The molecule has 1 aliphatic carbocycles. The maximum atomic E-state index is 13.4. The Morgan fingerprint density at radius 2 is 2.15 bits per heavy atom. The van der Waals surface area contributed by atoms with Gasteiger partial charge in [0, 0.05) is 18.2 Å². The molecule has 1 amide bonds. The number of phenols is 1. The minimum Gasteiger partial charge on any atom is -0.508 e. The molecule has 2 unspecified atom stereocenters. The number of nitrogens with zero attached hydrogens (tertiary/aromatic N) is 2. The van der Waals surface area contributed by atoms with Crippen molar-refractivity contribution >= 4 is 16.9 Å². The molecule has 0 saturated carbocycles. The van der Waals surface area contributed by atoms with Gasteiger partial charge in [-0.25, -0.2) is 4.98 Å². The van der Waals surface area contributed by atoms with Crippen LogP contribution in [0.25, 0.3) is 11.0 Å². The Morgan fingerprint density at radius 1 is 1.30 bits per heavy atom. The minimum absolute atomic E-state index is 0.0349. The van der Waals surface area contributed by atoms with Crippen LogP contribution in [-0.4, -0.2) is 38.5 Å². The van der Waals surface area contributed by atoms with E-state index in [0.29, 0.717) is 23.7 Å². The zero-order chi connectivity index (χ0) is 18.8. The molecule has 0 radical (unpaired) electrons. The Balaban J connectivity index is 1.55. The number of hydrogen-bond acceptors (Lipinski definition) is 3. The molecule has 138 valence electrons. The minimum atomic E-state index is -0.0349. The maximum Gasteiger partial charge on any atom is 0.254 e. The predicted molar refractivity (Wildman–Crippen MR) is 104 cm³/mol. The zero-order valence-corrected chi connectivity index (χ0v) is 15.6. The van der Waals surface area contributed by atoms with Gasteiger partial charge >= 0.3 is 0 Å². The third kappa shape index (κ3) is 2.30. The Labute approximate surface area is 158 Å². The van der Waals surface area contributed by atoms with Crippen molar-refractivity contribution in [2.75, 3.05) is 6.54 Å². The summed E-state index contributed by atoms with van der Waals surface area (Å²) in [6.07, 6.45) is 3.26. The van der Waals surface area contributed by atoms with Crippen molar-refractivity contribution in [1.29, 1.82) is 0 Å². The summed E-state index contributed by atoms with van der Waals surface area (Å²) in [7, 11) is 0. The average Bonchev–Trinajstić information content (AvgIpc) is 3.09. The van der Waals surface area contributed by atoms with E-state index in [-0.39, 0.29) is 17.4 Å². The van der Waals surface area contributed by atoms with E-state index in [1.54, 1.807) is 12.4 Å². The highest BCUT2D eigenvalue weighted by Crippen LogP contribution is 2.53. The van der Waals surface area contributed by atoms with E-state index in [0.717, 1.165) is 29.6 Å². The number of imidazole rings is 1. The second kappa shape index (κ2) is 5.59. The molecule has 5 heteroatoms. The number of benzene rings is 2. The van der Waals surface area contributed by atoms with Gasteiger partial charge in [-0.1, -0.05) is 26.0 Å². The number of amides is 1. The lowest BCUT2D eigenvalue weighted by molar-refractivity contribution is 0.00994. The van der Waals surface area contributed by atoms with Crippen LogP contribution in [0.15, 0.2) is 42.7 Å². The summed E-state index contributed by atoms with van der Waals surface area (Å²) < 4.78 is 0. The first-order chi connectivity index (χ1) is 13.0. The maximum absolute atomic E-state index is 13.4. The van der Waals surface area contributed by atoms with E-state index in [2.05, 4.69) is 29.9 Å². The van der Waals surface area contributed by atoms with Crippen LogP contribution in [0, 0.1) is 5.41 Å². The number of aromatic nitrogens is 2. The van der Waals surface area contributed by atoms with E-state index in [1.807, 2.05) is 29.2 Å². The summed E-state index contributed by atoms with van der Waals surface area (Å²) in [5, 5.41) is 10.4. The number of hydrogen-bond donors (Lipinski definition) is 2. The van der Waals surface area contributed by atoms with Crippen molar-refractivity contribution in [1.82, 2.24) is 14.9 Å². The topological polar surface area (TPSA) is 69.2 Å². The van der Waals surface area contributed by atoms with Gasteiger partial charge in [0.1, 0.15) is 5.75 Å². The molecule has 5 rings (SSSR count). The molecule has 0 spiro atoms. The van der Waals surface area contributed by atoms with Gasteiger partial charge in [-0.05, 0) is 59.6 Å². The number of phenolic OH excluding ortho intramolecular Hbond substituents is 1. The molecule has 27 heavy (non-hydrogen) atoms. The first kappa shape index (κ1) is 16.4. The van der Waals surface area contributed by atoms with Crippen LogP contribution in [0.4, 0.5) is 0 Å². The summed E-state index contributed by atoms with van der Waals surface area (Å²) in [6.45, 7) is 5.26. The molecule has 1 fully saturated rings. The monoisotopic (exact) mass is 361 g/mol. The lowest BCUT2D eigenvalue weighted by Crippen LogP contribution is -2.58. The van der Waals surface area contributed by atoms with Gasteiger partial charge in [-0.15, -0.1) is 0 Å². The quantitative estimate of drug-likeness (QED) is 0.692. The number of H-pyrrole nitrogens is 1. The summed E-state index contributed by atoms with van der Waals surface area (Å²) >= 11 is 0. The zero-order valence-electron chi connectivity index (χ0n) is 15.6. The standard InChI is InChI=1S/C22H23N3O2/c1-22(2)16-8-9-25(20(22)11-15-14(16)4-3-5-19(15)26)21(27)13-6-7-17-18(10-13)24-12-23-17/h3-7,10,12,16,20,26H,8-9,11H2,1-2H3,(H,23,24). The van der Waals surface area contributed by atoms with Crippen molar-refractivity contribution in [3.8, 4) is 5.75 Å². The van der Waals surface area contributed by atoms with Crippen LogP contribution in [0.1, 0.15) is 47.7 Å². The SMILES string of the molecule is CC1(C)C2CCN(C(=O)c3ccc4nc[nH]c4c3)C1Cc1c(O)cccc12. The van der Waals surface area contributed by atoms with Gasteiger partial charge in [0.05, 0.1) is 17.4 Å². The largest absolute Gasteiger partial charge is 0.508 e. The number of rotatable bonds is 1. The number of aromatic amines is 1.